The molecule has 0 aliphatic heterocycles. The topological polar surface area (TPSA) is 20.3 Å². The first-order valence-electron chi connectivity index (χ1n) is 7.47. The lowest BCUT2D eigenvalue weighted by molar-refractivity contribution is 0.101. The van der Waals surface area contributed by atoms with Crippen LogP contribution in [0.4, 0.5) is 5.69 Å². The summed E-state index contributed by atoms with van der Waals surface area (Å²) in [6, 6.07) is 6.52. The molecule has 1 rings (SSSR count). The van der Waals surface area contributed by atoms with E-state index in [1.807, 2.05) is 12.1 Å². The van der Waals surface area contributed by atoms with Crippen molar-refractivity contribution in [3.63, 3.8) is 0 Å². The number of hydrogen-bond donors (Lipinski definition) is 0. The van der Waals surface area contributed by atoms with Crippen LogP contribution in [0.1, 0.15) is 57.8 Å². The Balaban J connectivity index is 3.28. The van der Waals surface area contributed by atoms with E-state index in [0.717, 1.165) is 35.1 Å². The Morgan fingerprint density at radius 3 is 2.30 bits per heavy atom. The monoisotopic (exact) mass is 339 g/mol. The number of rotatable bonds is 7. The highest BCUT2D eigenvalue weighted by molar-refractivity contribution is 9.10. The zero-order valence-corrected chi connectivity index (χ0v) is 14.8. The van der Waals surface area contributed by atoms with Gasteiger partial charge >= 0.3 is 0 Å². The zero-order chi connectivity index (χ0) is 15.3. The fourth-order valence-corrected chi connectivity index (χ4v) is 2.97. The van der Waals surface area contributed by atoms with Gasteiger partial charge in [-0.05, 0) is 43.9 Å². The van der Waals surface area contributed by atoms with Gasteiger partial charge in [-0.2, -0.15) is 0 Å². The van der Waals surface area contributed by atoms with Crippen LogP contribution in [-0.4, -0.2) is 18.4 Å². The number of hydrogen-bond acceptors (Lipinski definition) is 2. The Morgan fingerprint density at radius 2 is 1.85 bits per heavy atom. The van der Waals surface area contributed by atoms with Gasteiger partial charge in [-0.3, -0.25) is 4.79 Å². The smallest absolute Gasteiger partial charge is 0.161 e. The van der Waals surface area contributed by atoms with Crippen molar-refractivity contribution < 1.29 is 4.79 Å². The predicted molar refractivity (Wildman–Crippen MR) is 90.7 cm³/mol. The van der Waals surface area contributed by atoms with Crippen LogP contribution in [0.15, 0.2) is 22.7 Å². The van der Waals surface area contributed by atoms with E-state index in [9.17, 15) is 4.79 Å². The molecule has 3 heteroatoms. The maximum atomic E-state index is 12.0. The van der Waals surface area contributed by atoms with Crippen LogP contribution in [-0.2, 0) is 0 Å². The highest BCUT2D eigenvalue weighted by atomic mass is 79.9. The molecule has 0 atom stereocenters. The van der Waals surface area contributed by atoms with Gasteiger partial charge in [-0.1, -0.05) is 43.6 Å². The van der Waals surface area contributed by atoms with E-state index in [4.69, 9.17) is 0 Å². The van der Waals surface area contributed by atoms with E-state index in [0.29, 0.717) is 12.0 Å². The fourth-order valence-electron chi connectivity index (χ4n) is 2.61. The molecule has 0 aromatic heterocycles. The summed E-state index contributed by atoms with van der Waals surface area (Å²) in [5.74, 6) is 0.695. The van der Waals surface area contributed by atoms with Crippen molar-refractivity contribution in [2.24, 2.45) is 5.92 Å². The lowest BCUT2D eigenvalue weighted by Gasteiger charge is -2.35. The van der Waals surface area contributed by atoms with Crippen LogP contribution >= 0.6 is 15.9 Å². The molecule has 0 N–H and O–H groups in total. The van der Waals surface area contributed by atoms with Gasteiger partial charge in [0.1, 0.15) is 0 Å². The van der Waals surface area contributed by atoms with E-state index in [-0.39, 0.29) is 5.78 Å². The quantitative estimate of drug-likeness (QED) is 0.628. The summed E-state index contributed by atoms with van der Waals surface area (Å²) in [4.78, 5) is 14.4. The van der Waals surface area contributed by atoms with Crippen molar-refractivity contribution in [3.8, 4) is 0 Å². The first-order chi connectivity index (χ1) is 9.40. The Labute approximate surface area is 131 Å². The van der Waals surface area contributed by atoms with Crippen molar-refractivity contribution in [2.45, 2.75) is 53.5 Å². The van der Waals surface area contributed by atoms with E-state index in [1.165, 1.54) is 0 Å². The first-order valence-corrected chi connectivity index (χ1v) is 8.27. The molecule has 20 heavy (non-hydrogen) atoms. The largest absolute Gasteiger partial charge is 0.368 e. The molecule has 0 aliphatic carbocycles. The molecule has 0 saturated carbocycles. The number of nitrogens with zero attached hydrogens (tertiary/aromatic N) is 1. The summed E-state index contributed by atoms with van der Waals surface area (Å²) in [5, 5.41) is 0. The van der Waals surface area contributed by atoms with Gasteiger partial charge in [-0.15, -0.1) is 0 Å². The van der Waals surface area contributed by atoms with Gasteiger partial charge in [-0.25, -0.2) is 0 Å². The van der Waals surface area contributed by atoms with Crippen LogP contribution in [0, 0.1) is 5.92 Å². The van der Waals surface area contributed by atoms with Gasteiger partial charge in [0.25, 0.3) is 0 Å². The molecule has 1 aromatic carbocycles. The maximum absolute atomic E-state index is 12.0. The molecule has 0 amide bonds. The number of Topliss-reactive ketones (excluding diaryl/α,β-unsaturated/α-hetero) is 1. The van der Waals surface area contributed by atoms with Crippen LogP contribution in [0.25, 0.3) is 0 Å². The maximum Gasteiger partial charge on any atom is 0.161 e. The molecule has 0 unspecified atom stereocenters. The summed E-state index contributed by atoms with van der Waals surface area (Å²) in [6.07, 6.45) is 2.19. The summed E-state index contributed by atoms with van der Waals surface area (Å²) >= 11 is 3.47. The number of carbonyl (C=O) groups excluding carboxylic acids is 1. The minimum absolute atomic E-state index is 0.126. The molecule has 1 aromatic rings. The summed E-state index contributed by atoms with van der Waals surface area (Å²) in [7, 11) is 0. The van der Waals surface area contributed by atoms with Crippen LogP contribution in [0.3, 0.4) is 0 Å². The molecule has 0 radical (unpaired) electrons. The Morgan fingerprint density at radius 1 is 1.25 bits per heavy atom. The minimum Gasteiger partial charge on any atom is -0.368 e. The third-order valence-corrected chi connectivity index (χ3v) is 4.09. The molecule has 0 bridgehead atoms. The first kappa shape index (κ1) is 17.2. The zero-order valence-electron chi connectivity index (χ0n) is 13.2. The highest BCUT2D eigenvalue weighted by Crippen LogP contribution is 2.29. The van der Waals surface area contributed by atoms with Gasteiger partial charge in [0, 0.05) is 28.3 Å². The molecule has 0 saturated heterocycles. The third kappa shape index (κ3) is 4.34. The Hall–Kier alpha value is -0.830. The second-order valence-electron chi connectivity index (χ2n) is 5.73. The van der Waals surface area contributed by atoms with E-state index in [1.54, 1.807) is 6.92 Å². The van der Waals surface area contributed by atoms with Crippen molar-refractivity contribution in [3.05, 3.63) is 28.2 Å². The number of halogens is 1. The van der Waals surface area contributed by atoms with Crippen molar-refractivity contribution >= 4 is 27.4 Å². The average Bonchev–Trinajstić information content (AvgIpc) is 2.38. The van der Waals surface area contributed by atoms with Crippen LogP contribution in [0.5, 0.6) is 0 Å². The standard InChI is InChI=1S/C17H26BrNO/c1-6-15(7-2)19(11-12(3)4)17-9-8-14(18)10-16(17)13(5)20/h8-10,12,15H,6-7,11H2,1-5H3. The van der Waals surface area contributed by atoms with Crippen molar-refractivity contribution in [1.29, 1.82) is 0 Å². The summed E-state index contributed by atoms with van der Waals surface area (Å²) < 4.78 is 0.959. The van der Waals surface area contributed by atoms with Crippen LogP contribution in [0.2, 0.25) is 0 Å². The van der Waals surface area contributed by atoms with E-state index in [2.05, 4.69) is 54.6 Å². The van der Waals surface area contributed by atoms with Crippen molar-refractivity contribution in [2.75, 3.05) is 11.4 Å². The molecule has 0 spiro atoms. The Kier molecular flexibility index (Phi) is 6.74. The molecule has 2 nitrogen and oxygen atoms in total. The van der Waals surface area contributed by atoms with Gasteiger partial charge in [0.2, 0.25) is 0 Å². The molecular formula is C17H26BrNO. The SMILES string of the molecule is CCC(CC)N(CC(C)C)c1ccc(Br)cc1C(C)=O. The molecule has 0 heterocycles. The van der Waals surface area contributed by atoms with Gasteiger partial charge in [0.05, 0.1) is 0 Å². The molecule has 0 fully saturated rings. The minimum atomic E-state index is 0.126. The normalized spacial score (nSPS) is 11.2. The number of ketones is 1. The number of anilines is 1. The second kappa shape index (κ2) is 7.82. The predicted octanol–water partition coefficient (Wildman–Crippen LogP) is 5.30. The van der Waals surface area contributed by atoms with Gasteiger partial charge in [0.15, 0.2) is 5.78 Å². The average molecular weight is 340 g/mol. The lowest BCUT2D eigenvalue weighted by atomic mass is 10.0. The number of benzene rings is 1. The fraction of sp³-hybridized carbons (Fsp3) is 0.588. The highest BCUT2D eigenvalue weighted by Gasteiger charge is 2.21. The van der Waals surface area contributed by atoms with Crippen LogP contribution < -0.4 is 4.90 Å². The van der Waals surface area contributed by atoms with E-state index >= 15 is 0 Å². The second-order valence-corrected chi connectivity index (χ2v) is 6.65. The lowest BCUT2D eigenvalue weighted by Crippen LogP contribution is -2.38. The summed E-state index contributed by atoms with van der Waals surface area (Å²) in [5.41, 5.74) is 1.88. The molecule has 0 aliphatic rings. The molecule has 112 valence electrons. The van der Waals surface area contributed by atoms with Crippen molar-refractivity contribution in [1.82, 2.24) is 0 Å². The third-order valence-electron chi connectivity index (χ3n) is 3.59. The number of carbonyl (C=O) groups is 1. The molecular weight excluding hydrogens is 314 g/mol. The van der Waals surface area contributed by atoms with E-state index < -0.39 is 0 Å². The van der Waals surface area contributed by atoms with Gasteiger partial charge < -0.3 is 4.90 Å². The summed E-state index contributed by atoms with van der Waals surface area (Å²) in [6.45, 7) is 11.5. The Bertz CT molecular complexity index is 452.